The van der Waals surface area contributed by atoms with Crippen LogP contribution in [-0.4, -0.2) is 36.0 Å². The Kier molecular flexibility index (Phi) is 8.08. The highest BCUT2D eigenvalue weighted by Crippen LogP contribution is 2.43. The molecule has 1 heterocycles. The van der Waals surface area contributed by atoms with E-state index in [0.717, 1.165) is 45.8 Å². The minimum Gasteiger partial charge on any atom is -0.369 e. The van der Waals surface area contributed by atoms with Gasteiger partial charge in [0.1, 0.15) is 0 Å². The molecule has 1 fully saturated rings. The molecule has 2 aliphatic rings. The van der Waals surface area contributed by atoms with Gasteiger partial charge < -0.3 is 4.90 Å². The van der Waals surface area contributed by atoms with Crippen molar-refractivity contribution in [3.05, 3.63) is 137 Å². The van der Waals surface area contributed by atoms with E-state index in [-0.39, 0.29) is 0 Å². The van der Waals surface area contributed by atoms with E-state index in [2.05, 4.69) is 125 Å². The maximum atomic E-state index is 2.75. The van der Waals surface area contributed by atoms with Crippen LogP contribution in [0.2, 0.25) is 0 Å². The molecule has 4 aromatic carbocycles. The quantitative estimate of drug-likeness (QED) is 0.242. The van der Waals surface area contributed by atoms with Crippen molar-refractivity contribution in [2.45, 2.75) is 51.9 Å². The van der Waals surface area contributed by atoms with E-state index in [0.29, 0.717) is 6.04 Å². The molecule has 39 heavy (non-hydrogen) atoms. The van der Waals surface area contributed by atoms with Gasteiger partial charge in [-0.3, -0.25) is 9.80 Å². The topological polar surface area (TPSA) is 9.72 Å². The van der Waals surface area contributed by atoms with E-state index >= 15 is 0 Å². The van der Waals surface area contributed by atoms with Crippen LogP contribution in [0.3, 0.4) is 0 Å². The molecule has 0 N–H and O–H groups in total. The zero-order valence-corrected chi connectivity index (χ0v) is 23.3. The first-order valence-corrected chi connectivity index (χ1v) is 14.7. The van der Waals surface area contributed by atoms with Crippen LogP contribution < -0.4 is 4.90 Å². The summed E-state index contributed by atoms with van der Waals surface area (Å²) in [6.07, 6.45) is 3.67. The van der Waals surface area contributed by atoms with Crippen molar-refractivity contribution in [1.82, 2.24) is 9.80 Å². The fraction of sp³-hybridized carbons (Fsp3) is 0.333. The normalized spacial score (nSPS) is 17.8. The van der Waals surface area contributed by atoms with Gasteiger partial charge in [0, 0.05) is 57.5 Å². The van der Waals surface area contributed by atoms with Gasteiger partial charge in [-0.2, -0.15) is 0 Å². The smallest absolute Gasteiger partial charge is 0.0418 e. The molecule has 200 valence electrons. The van der Waals surface area contributed by atoms with E-state index in [4.69, 9.17) is 0 Å². The lowest BCUT2D eigenvalue weighted by atomic mass is 9.82. The Morgan fingerprint density at radius 2 is 1.23 bits per heavy atom. The SMILES string of the molecule is Cc1ccc(N2CCN(Cc3ccccc3)CC2)c2c1CCCC2N(Cc1ccccc1)Cc1ccccc1. The van der Waals surface area contributed by atoms with Gasteiger partial charge in [0.2, 0.25) is 0 Å². The Morgan fingerprint density at radius 1 is 0.667 bits per heavy atom. The summed E-state index contributed by atoms with van der Waals surface area (Å²) in [7, 11) is 0. The number of nitrogens with zero attached hydrogens (tertiary/aromatic N) is 3. The zero-order chi connectivity index (χ0) is 26.4. The van der Waals surface area contributed by atoms with Gasteiger partial charge in [0.15, 0.2) is 0 Å². The van der Waals surface area contributed by atoms with Crippen LogP contribution in [0, 0.1) is 6.92 Å². The van der Waals surface area contributed by atoms with Crippen molar-refractivity contribution in [3.63, 3.8) is 0 Å². The lowest BCUT2D eigenvalue weighted by Gasteiger charge is -2.42. The fourth-order valence-electron chi connectivity index (χ4n) is 6.62. The van der Waals surface area contributed by atoms with E-state index in [1.807, 2.05) is 0 Å². The first kappa shape index (κ1) is 25.9. The van der Waals surface area contributed by atoms with Gasteiger partial charge in [0.25, 0.3) is 0 Å². The number of anilines is 1. The molecular formula is C36H41N3. The standard InChI is InChI=1S/C36H41N3/c1-29-20-21-35(38-24-22-37(23-25-38)26-30-12-5-2-6-13-30)36-33(29)18-11-19-34(36)39(27-31-14-7-3-8-15-31)28-32-16-9-4-10-17-32/h2-10,12-17,20-21,34H,11,18-19,22-28H2,1H3. The highest BCUT2D eigenvalue weighted by Gasteiger charge is 2.32. The monoisotopic (exact) mass is 515 g/mol. The van der Waals surface area contributed by atoms with Gasteiger partial charge in [0.05, 0.1) is 0 Å². The highest BCUT2D eigenvalue weighted by molar-refractivity contribution is 5.61. The minimum absolute atomic E-state index is 0.423. The molecule has 4 aromatic rings. The van der Waals surface area contributed by atoms with Crippen molar-refractivity contribution in [2.24, 2.45) is 0 Å². The molecule has 0 amide bonds. The number of hydrogen-bond donors (Lipinski definition) is 0. The molecule has 6 rings (SSSR count). The van der Waals surface area contributed by atoms with Crippen molar-refractivity contribution in [3.8, 4) is 0 Å². The Bertz CT molecular complexity index is 1290. The molecule has 0 bridgehead atoms. The number of rotatable bonds is 8. The fourth-order valence-corrected chi connectivity index (χ4v) is 6.62. The van der Waals surface area contributed by atoms with Crippen LogP contribution in [0.4, 0.5) is 5.69 Å². The molecule has 0 aromatic heterocycles. The van der Waals surface area contributed by atoms with Gasteiger partial charge in [-0.05, 0) is 65.6 Å². The van der Waals surface area contributed by atoms with Crippen molar-refractivity contribution >= 4 is 5.69 Å². The average molecular weight is 516 g/mol. The summed E-state index contributed by atoms with van der Waals surface area (Å²) in [5.74, 6) is 0. The third-order valence-corrected chi connectivity index (χ3v) is 8.67. The van der Waals surface area contributed by atoms with E-state index in [9.17, 15) is 0 Å². The molecular weight excluding hydrogens is 474 g/mol. The van der Waals surface area contributed by atoms with Crippen LogP contribution in [0.5, 0.6) is 0 Å². The maximum absolute atomic E-state index is 2.75. The number of piperazine rings is 1. The van der Waals surface area contributed by atoms with Crippen LogP contribution in [0.1, 0.15) is 52.3 Å². The summed E-state index contributed by atoms with van der Waals surface area (Å²) >= 11 is 0. The van der Waals surface area contributed by atoms with Gasteiger partial charge in [-0.1, -0.05) is 97.1 Å². The second kappa shape index (κ2) is 12.2. The number of hydrogen-bond acceptors (Lipinski definition) is 3. The Hall–Kier alpha value is -3.40. The summed E-state index contributed by atoms with van der Waals surface area (Å²) in [6, 6.07) is 38.2. The second-order valence-corrected chi connectivity index (χ2v) is 11.3. The molecule has 0 saturated carbocycles. The minimum atomic E-state index is 0.423. The average Bonchev–Trinajstić information content (AvgIpc) is 2.99. The van der Waals surface area contributed by atoms with E-state index < -0.39 is 0 Å². The maximum Gasteiger partial charge on any atom is 0.0418 e. The molecule has 1 aliphatic carbocycles. The summed E-state index contributed by atoms with van der Waals surface area (Å²) in [6.45, 7) is 9.71. The van der Waals surface area contributed by atoms with Crippen molar-refractivity contribution in [2.75, 3.05) is 31.1 Å². The summed E-state index contributed by atoms with van der Waals surface area (Å²) < 4.78 is 0. The molecule has 1 atom stereocenters. The lowest BCUT2D eigenvalue weighted by molar-refractivity contribution is 0.160. The third-order valence-electron chi connectivity index (χ3n) is 8.67. The molecule has 3 heteroatoms. The number of aryl methyl sites for hydroxylation is 1. The largest absolute Gasteiger partial charge is 0.369 e. The predicted octanol–water partition coefficient (Wildman–Crippen LogP) is 7.40. The lowest BCUT2D eigenvalue weighted by Crippen LogP contribution is -2.46. The van der Waals surface area contributed by atoms with Crippen molar-refractivity contribution < 1.29 is 0 Å². The van der Waals surface area contributed by atoms with Gasteiger partial charge >= 0.3 is 0 Å². The van der Waals surface area contributed by atoms with Gasteiger partial charge in [-0.15, -0.1) is 0 Å². The summed E-state index contributed by atoms with van der Waals surface area (Å²) in [5.41, 5.74) is 10.3. The molecule has 0 radical (unpaired) electrons. The highest BCUT2D eigenvalue weighted by atomic mass is 15.3. The molecule has 0 spiro atoms. The van der Waals surface area contributed by atoms with Crippen LogP contribution in [0.15, 0.2) is 103 Å². The van der Waals surface area contributed by atoms with Gasteiger partial charge in [-0.25, -0.2) is 0 Å². The van der Waals surface area contributed by atoms with Crippen LogP contribution in [0.25, 0.3) is 0 Å². The second-order valence-electron chi connectivity index (χ2n) is 11.3. The Labute approximate surface area is 234 Å². The van der Waals surface area contributed by atoms with Crippen molar-refractivity contribution in [1.29, 1.82) is 0 Å². The summed E-state index contributed by atoms with van der Waals surface area (Å²) in [4.78, 5) is 8.04. The molecule has 3 nitrogen and oxygen atoms in total. The van der Waals surface area contributed by atoms with E-state index in [1.165, 1.54) is 47.2 Å². The molecule has 1 aliphatic heterocycles. The molecule has 1 unspecified atom stereocenters. The number of benzene rings is 4. The third kappa shape index (κ3) is 6.11. The van der Waals surface area contributed by atoms with E-state index in [1.54, 1.807) is 11.1 Å². The number of fused-ring (bicyclic) bond motifs is 1. The zero-order valence-electron chi connectivity index (χ0n) is 23.3. The summed E-state index contributed by atoms with van der Waals surface area (Å²) in [5, 5.41) is 0. The Morgan fingerprint density at radius 3 is 1.82 bits per heavy atom. The van der Waals surface area contributed by atoms with Crippen LogP contribution >= 0.6 is 0 Å². The molecule has 1 saturated heterocycles. The Balaban J connectivity index is 1.29. The van der Waals surface area contributed by atoms with Crippen LogP contribution in [-0.2, 0) is 26.1 Å². The first-order chi connectivity index (χ1) is 19.2. The first-order valence-electron chi connectivity index (χ1n) is 14.7. The predicted molar refractivity (Wildman–Crippen MR) is 163 cm³/mol.